The Morgan fingerprint density at radius 1 is 1.03 bits per heavy atom. The van der Waals surface area contributed by atoms with E-state index in [2.05, 4.69) is 14.3 Å². The molecule has 2 aliphatic rings. The Labute approximate surface area is 179 Å². The number of halogens is 1. The molecule has 0 aliphatic carbocycles. The van der Waals surface area contributed by atoms with Gasteiger partial charge in [0.2, 0.25) is 16.9 Å². The fraction of sp³-hybridized carbons (Fsp3) is 0.524. The van der Waals surface area contributed by atoms with Crippen LogP contribution in [0.15, 0.2) is 24.3 Å². The first kappa shape index (κ1) is 20.7. The maximum absolute atomic E-state index is 13.1. The van der Waals surface area contributed by atoms with Gasteiger partial charge in [0.25, 0.3) is 0 Å². The van der Waals surface area contributed by atoms with Crippen molar-refractivity contribution in [1.29, 1.82) is 0 Å². The summed E-state index contributed by atoms with van der Waals surface area (Å²) >= 11 is 1.38. The molecule has 0 saturated carbocycles. The van der Waals surface area contributed by atoms with Crippen LogP contribution in [0.4, 0.5) is 9.52 Å². The van der Waals surface area contributed by atoms with Crippen LogP contribution < -0.4 is 4.90 Å². The highest BCUT2D eigenvalue weighted by Crippen LogP contribution is 2.27. The van der Waals surface area contributed by atoms with E-state index in [4.69, 9.17) is 0 Å². The number of carbonyl (C=O) groups is 2. The minimum absolute atomic E-state index is 0.0386. The smallest absolute Gasteiger partial charge is 0.225 e. The van der Waals surface area contributed by atoms with E-state index in [0.717, 1.165) is 42.5 Å². The van der Waals surface area contributed by atoms with Gasteiger partial charge in [-0.2, -0.15) is 4.37 Å². The number of anilines is 1. The molecule has 0 bridgehead atoms. The lowest BCUT2D eigenvalue weighted by molar-refractivity contribution is -0.141. The second-order valence-corrected chi connectivity index (χ2v) is 8.62. The number of nitrogens with zero attached hydrogens (tertiary/aromatic N) is 5. The zero-order valence-electron chi connectivity index (χ0n) is 17.1. The number of piperidine rings is 1. The molecule has 30 heavy (non-hydrogen) atoms. The predicted molar refractivity (Wildman–Crippen MR) is 113 cm³/mol. The van der Waals surface area contributed by atoms with Gasteiger partial charge in [0.15, 0.2) is 0 Å². The molecule has 2 aromatic rings. The van der Waals surface area contributed by atoms with Gasteiger partial charge < -0.3 is 14.7 Å². The maximum Gasteiger partial charge on any atom is 0.225 e. The standard InChI is InChI=1S/C21H26FN5O2S/c1-15(28)25-10-12-26(13-11-25)20(29)17-6-8-27(9-7-17)21-23-19(24-30-21)14-16-2-4-18(22)5-3-16/h2-5,17H,6-14H2,1H3. The molecule has 1 aromatic carbocycles. The van der Waals surface area contributed by atoms with Gasteiger partial charge in [-0.05, 0) is 30.5 Å². The third-order valence-electron chi connectivity index (χ3n) is 5.88. The van der Waals surface area contributed by atoms with Crippen LogP contribution in [-0.2, 0) is 16.0 Å². The van der Waals surface area contributed by atoms with Gasteiger partial charge in [0, 0.05) is 70.1 Å². The van der Waals surface area contributed by atoms with E-state index in [-0.39, 0.29) is 23.5 Å². The van der Waals surface area contributed by atoms with Crippen molar-refractivity contribution in [3.05, 3.63) is 41.5 Å². The van der Waals surface area contributed by atoms with Gasteiger partial charge in [0.1, 0.15) is 11.6 Å². The Morgan fingerprint density at radius 3 is 2.30 bits per heavy atom. The molecular formula is C21H26FN5O2S. The third-order valence-corrected chi connectivity index (χ3v) is 6.70. The molecule has 9 heteroatoms. The number of aromatic nitrogens is 2. The number of benzene rings is 1. The molecule has 0 radical (unpaired) electrons. The summed E-state index contributed by atoms with van der Waals surface area (Å²) in [6.07, 6.45) is 2.19. The summed E-state index contributed by atoms with van der Waals surface area (Å²) in [4.78, 5) is 34.9. The van der Waals surface area contributed by atoms with E-state index in [1.807, 2.05) is 4.90 Å². The van der Waals surface area contributed by atoms with Crippen molar-refractivity contribution < 1.29 is 14.0 Å². The molecule has 2 fully saturated rings. The molecule has 0 atom stereocenters. The Balaban J connectivity index is 1.27. The zero-order chi connectivity index (χ0) is 21.1. The van der Waals surface area contributed by atoms with Gasteiger partial charge in [-0.15, -0.1) is 0 Å². The molecule has 160 valence electrons. The third kappa shape index (κ3) is 4.77. The molecular weight excluding hydrogens is 405 g/mol. The molecule has 0 spiro atoms. The summed E-state index contributed by atoms with van der Waals surface area (Å²) in [5.74, 6) is 0.821. The molecule has 0 unspecified atom stereocenters. The van der Waals surface area contributed by atoms with Crippen molar-refractivity contribution >= 4 is 28.5 Å². The predicted octanol–water partition coefficient (Wildman–Crippen LogP) is 2.18. The Morgan fingerprint density at radius 2 is 1.67 bits per heavy atom. The van der Waals surface area contributed by atoms with Crippen LogP contribution in [-0.4, -0.2) is 70.2 Å². The van der Waals surface area contributed by atoms with Crippen molar-refractivity contribution in [2.75, 3.05) is 44.2 Å². The maximum atomic E-state index is 13.1. The van der Waals surface area contributed by atoms with Gasteiger partial charge in [-0.3, -0.25) is 9.59 Å². The average Bonchev–Trinajstić information content (AvgIpc) is 3.23. The van der Waals surface area contributed by atoms with E-state index in [1.54, 1.807) is 24.0 Å². The average molecular weight is 432 g/mol. The van der Waals surface area contributed by atoms with Crippen LogP contribution in [0.25, 0.3) is 0 Å². The topological polar surface area (TPSA) is 69.6 Å². The largest absolute Gasteiger partial charge is 0.347 e. The van der Waals surface area contributed by atoms with Crippen LogP contribution in [0.1, 0.15) is 31.2 Å². The summed E-state index contributed by atoms with van der Waals surface area (Å²) in [6.45, 7) is 5.66. The van der Waals surface area contributed by atoms with Gasteiger partial charge in [-0.1, -0.05) is 12.1 Å². The van der Waals surface area contributed by atoms with Crippen LogP contribution in [0.5, 0.6) is 0 Å². The lowest BCUT2D eigenvalue weighted by Crippen LogP contribution is -2.52. The lowest BCUT2D eigenvalue weighted by Gasteiger charge is -2.38. The van der Waals surface area contributed by atoms with E-state index in [0.29, 0.717) is 32.6 Å². The first-order chi connectivity index (χ1) is 14.5. The van der Waals surface area contributed by atoms with Crippen LogP contribution in [0, 0.1) is 11.7 Å². The molecule has 0 N–H and O–H groups in total. The fourth-order valence-corrected chi connectivity index (χ4v) is 4.78. The highest BCUT2D eigenvalue weighted by molar-refractivity contribution is 7.09. The van der Waals surface area contributed by atoms with Gasteiger partial charge in [-0.25, -0.2) is 9.37 Å². The minimum atomic E-state index is -0.246. The number of amides is 2. The van der Waals surface area contributed by atoms with Crippen LogP contribution in [0.2, 0.25) is 0 Å². The van der Waals surface area contributed by atoms with Crippen molar-refractivity contribution in [2.45, 2.75) is 26.2 Å². The Kier molecular flexibility index (Phi) is 6.26. The van der Waals surface area contributed by atoms with Crippen LogP contribution in [0.3, 0.4) is 0 Å². The molecule has 7 nitrogen and oxygen atoms in total. The summed E-state index contributed by atoms with van der Waals surface area (Å²) in [7, 11) is 0. The number of hydrogen-bond acceptors (Lipinski definition) is 6. The van der Waals surface area contributed by atoms with Crippen molar-refractivity contribution in [1.82, 2.24) is 19.2 Å². The highest BCUT2D eigenvalue weighted by Gasteiger charge is 2.31. The molecule has 2 aliphatic heterocycles. The molecule has 2 amide bonds. The zero-order valence-corrected chi connectivity index (χ0v) is 17.9. The highest BCUT2D eigenvalue weighted by atomic mass is 32.1. The quantitative estimate of drug-likeness (QED) is 0.742. The molecule has 2 saturated heterocycles. The first-order valence-electron chi connectivity index (χ1n) is 10.4. The molecule has 1 aromatic heterocycles. The second kappa shape index (κ2) is 9.07. The monoisotopic (exact) mass is 431 g/mol. The first-order valence-corrected chi connectivity index (χ1v) is 11.1. The number of piperazine rings is 1. The number of rotatable bonds is 4. The second-order valence-electron chi connectivity index (χ2n) is 7.89. The van der Waals surface area contributed by atoms with Crippen molar-refractivity contribution in [3.8, 4) is 0 Å². The summed E-state index contributed by atoms with van der Waals surface area (Å²) < 4.78 is 17.5. The van der Waals surface area contributed by atoms with E-state index in [1.165, 1.54) is 23.7 Å². The Bertz CT molecular complexity index is 887. The normalized spacial score (nSPS) is 18.0. The fourth-order valence-electron chi connectivity index (χ4n) is 4.05. The molecule has 4 rings (SSSR count). The molecule has 3 heterocycles. The van der Waals surface area contributed by atoms with Gasteiger partial charge in [0.05, 0.1) is 0 Å². The van der Waals surface area contributed by atoms with E-state index in [9.17, 15) is 14.0 Å². The summed E-state index contributed by atoms with van der Waals surface area (Å²) in [5.41, 5.74) is 0.981. The van der Waals surface area contributed by atoms with Crippen molar-refractivity contribution in [3.63, 3.8) is 0 Å². The summed E-state index contributed by atoms with van der Waals surface area (Å²) in [5, 5.41) is 0.882. The minimum Gasteiger partial charge on any atom is -0.347 e. The number of carbonyl (C=O) groups excluding carboxylic acids is 2. The number of hydrogen-bond donors (Lipinski definition) is 0. The SMILES string of the molecule is CC(=O)N1CCN(C(=O)C2CCN(c3nc(Cc4ccc(F)cc4)ns3)CC2)CC1. The summed E-state index contributed by atoms with van der Waals surface area (Å²) in [6, 6.07) is 6.40. The lowest BCUT2D eigenvalue weighted by atomic mass is 9.95. The van der Waals surface area contributed by atoms with Gasteiger partial charge >= 0.3 is 0 Å². The Hall–Kier alpha value is -2.55. The van der Waals surface area contributed by atoms with Crippen LogP contribution >= 0.6 is 11.5 Å². The van der Waals surface area contributed by atoms with E-state index >= 15 is 0 Å². The van der Waals surface area contributed by atoms with E-state index < -0.39 is 0 Å². The van der Waals surface area contributed by atoms with Crippen molar-refractivity contribution in [2.24, 2.45) is 5.92 Å².